The van der Waals surface area contributed by atoms with Gasteiger partial charge >= 0.3 is 0 Å². The monoisotopic (exact) mass is 296 g/mol. The lowest BCUT2D eigenvalue weighted by molar-refractivity contribution is 0.0365. The first-order chi connectivity index (χ1) is 9.71. The predicted octanol–water partition coefficient (Wildman–Crippen LogP) is 4.69. The lowest BCUT2D eigenvalue weighted by Crippen LogP contribution is -2.60. The molecule has 1 aliphatic rings. The Morgan fingerprint density at radius 1 is 1.19 bits per heavy atom. The van der Waals surface area contributed by atoms with E-state index in [1.165, 1.54) is 44.9 Å². The largest absolute Gasteiger partial charge is 0.312 e. The van der Waals surface area contributed by atoms with Gasteiger partial charge in [-0.1, -0.05) is 34.6 Å². The summed E-state index contributed by atoms with van der Waals surface area (Å²) in [6, 6.07) is 0.638. The molecule has 2 nitrogen and oxygen atoms in total. The van der Waals surface area contributed by atoms with Crippen LogP contribution < -0.4 is 5.32 Å². The standard InChI is InChI=1S/C19H40N2/c1-8-15-20-17(11-12-18(3,4)5)19(21(6)7)13-9-16(2)10-14-19/h16-17,20H,8-15H2,1-7H3. The molecule has 0 aromatic carbocycles. The minimum atomic E-state index is 0.368. The predicted molar refractivity (Wildman–Crippen MR) is 94.8 cm³/mol. The zero-order chi connectivity index (χ0) is 16.1. The Morgan fingerprint density at radius 3 is 2.19 bits per heavy atom. The SMILES string of the molecule is CCCNC(CCC(C)(C)C)C1(N(C)C)CCC(C)CC1. The van der Waals surface area contributed by atoms with Crippen molar-refractivity contribution in [2.75, 3.05) is 20.6 Å². The second-order valence-electron chi connectivity index (χ2n) is 8.79. The normalized spacial score (nSPS) is 28.9. The summed E-state index contributed by atoms with van der Waals surface area (Å²) in [5, 5.41) is 3.91. The van der Waals surface area contributed by atoms with Gasteiger partial charge in [-0.05, 0) is 76.9 Å². The molecule has 0 aromatic rings. The van der Waals surface area contributed by atoms with Crippen LogP contribution in [-0.2, 0) is 0 Å². The second-order valence-corrected chi connectivity index (χ2v) is 8.79. The van der Waals surface area contributed by atoms with E-state index >= 15 is 0 Å². The zero-order valence-corrected chi connectivity index (χ0v) is 15.8. The zero-order valence-electron chi connectivity index (χ0n) is 15.8. The van der Waals surface area contributed by atoms with Crippen LogP contribution in [-0.4, -0.2) is 37.1 Å². The molecule has 0 spiro atoms. The van der Waals surface area contributed by atoms with E-state index in [4.69, 9.17) is 0 Å². The Balaban J connectivity index is 2.84. The summed E-state index contributed by atoms with van der Waals surface area (Å²) in [5.41, 5.74) is 0.800. The van der Waals surface area contributed by atoms with E-state index in [0.29, 0.717) is 17.0 Å². The molecule has 0 saturated heterocycles. The topological polar surface area (TPSA) is 15.3 Å². The van der Waals surface area contributed by atoms with Gasteiger partial charge in [-0.3, -0.25) is 0 Å². The maximum Gasteiger partial charge on any atom is 0.0356 e. The molecule has 1 rings (SSSR count). The van der Waals surface area contributed by atoms with Crippen molar-refractivity contribution in [1.29, 1.82) is 0 Å². The number of nitrogens with zero attached hydrogens (tertiary/aromatic N) is 1. The number of rotatable bonds is 7. The molecule has 1 aliphatic carbocycles. The van der Waals surface area contributed by atoms with E-state index in [1.807, 2.05) is 0 Å². The number of likely N-dealkylation sites (N-methyl/N-ethyl adjacent to an activating group) is 1. The summed E-state index contributed by atoms with van der Waals surface area (Å²) in [5.74, 6) is 0.910. The van der Waals surface area contributed by atoms with Crippen molar-refractivity contribution in [3.05, 3.63) is 0 Å². The number of hydrogen-bond acceptors (Lipinski definition) is 2. The smallest absolute Gasteiger partial charge is 0.0356 e. The molecule has 0 aliphatic heterocycles. The molecule has 21 heavy (non-hydrogen) atoms. The van der Waals surface area contributed by atoms with E-state index in [-0.39, 0.29) is 0 Å². The Labute approximate surface area is 134 Å². The van der Waals surface area contributed by atoms with Gasteiger partial charge in [0.25, 0.3) is 0 Å². The van der Waals surface area contributed by atoms with Crippen LogP contribution in [0.1, 0.15) is 79.6 Å². The average molecular weight is 297 g/mol. The molecule has 126 valence electrons. The molecule has 0 heterocycles. The lowest BCUT2D eigenvalue weighted by atomic mass is 9.70. The molecule has 1 N–H and O–H groups in total. The van der Waals surface area contributed by atoms with E-state index in [1.54, 1.807) is 0 Å². The Morgan fingerprint density at radius 2 is 1.76 bits per heavy atom. The van der Waals surface area contributed by atoms with Gasteiger partial charge in [0.05, 0.1) is 0 Å². The highest BCUT2D eigenvalue weighted by molar-refractivity contribution is 5.01. The van der Waals surface area contributed by atoms with Crippen LogP contribution in [0, 0.1) is 11.3 Å². The summed E-state index contributed by atoms with van der Waals surface area (Å²) in [7, 11) is 4.60. The molecule has 1 saturated carbocycles. The maximum absolute atomic E-state index is 3.91. The Kier molecular flexibility index (Phi) is 7.19. The summed E-state index contributed by atoms with van der Waals surface area (Å²) in [6.45, 7) is 13.0. The fraction of sp³-hybridized carbons (Fsp3) is 1.00. The molecule has 1 unspecified atom stereocenters. The third kappa shape index (κ3) is 5.56. The molecule has 1 fully saturated rings. The molecule has 0 amide bonds. The van der Waals surface area contributed by atoms with E-state index in [2.05, 4.69) is 58.9 Å². The summed E-state index contributed by atoms with van der Waals surface area (Å²) >= 11 is 0. The molecule has 0 bridgehead atoms. The van der Waals surface area contributed by atoms with Gasteiger partial charge in [-0.25, -0.2) is 0 Å². The molecular formula is C19H40N2. The lowest BCUT2D eigenvalue weighted by Gasteiger charge is -2.50. The van der Waals surface area contributed by atoms with Gasteiger partial charge < -0.3 is 10.2 Å². The van der Waals surface area contributed by atoms with Crippen LogP contribution in [0.4, 0.5) is 0 Å². The molecular weight excluding hydrogens is 256 g/mol. The first-order valence-corrected chi connectivity index (χ1v) is 9.12. The summed E-state index contributed by atoms with van der Waals surface area (Å²) < 4.78 is 0. The molecule has 2 heteroatoms. The highest BCUT2D eigenvalue weighted by Gasteiger charge is 2.42. The van der Waals surface area contributed by atoms with Gasteiger partial charge in [-0.15, -0.1) is 0 Å². The van der Waals surface area contributed by atoms with Crippen molar-refractivity contribution in [2.45, 2.75) is 91.1 Å². The van der Waals surface area contributed by atoms with Crippen LogP contribution in [0.15, 0.2) is 0 Å². The highest BCUT2D eigenvalue weighted by atomic mass is 15.2. The minimum Gasteiger partial charge on any atom is -0.312 e. The Hall–Kier alpha value is -0.0800. The first-order valence-electron chi connectivity index (χ1n) is 9.12. The summed E-state index contributed by atoms with van der Waals surface area (Å²) in [4.78, 5) is 2.54. The molecule has 0 radical (unpaired) electrons. The van der Waals surface area contributed by atoms with Crippen molar-refractivity contribution in [3.63, 3.8) is 0 Å². The van der Waals surface area contributed by atoms with E-state index in [9.17, 15) is 0 Å². The first kappa shape index (κ1) is 19.0. The van der Waals surface area contributed by atoms with Gasteiger partial charge in [-0.2, -0.15) is 0 Å². The van der Waals surface area contributed by atoms with Crippen molar-refractivity contribution >= 4 is 0 Å². The summed E-state index contributed by atoms with van der Waals surface area (Å²) in [6.07, 6.45) is 9.32. The fourth-order valence-electron chi connectivity index (χ4n) is 3.83. The van der Waals surface area contributed by atoms with Crippen molar-refractivity contribution < 1.29 is 0 Å². The fourth-order valence-corrected chi connectivity index (χ4v) is 3.83. The van der Waals surface area contributed by atoms with E-state index in [0.717, 1.165) is 12.5 Å². The number of nitrogens with one attached hydrogen (secondary N) is 1. The molecule has 0 aromatic heterocycles. The van der Waals surface area contributed by atoms with Crippen molar-refractivity contribution in [3.8, 4) is 0 Å². The van der Waals surface area contributed by atoms with Gasteiger partial charge in [0.15, 0.2) is 0 Å². The van der Waals surface area contributed by atoms with Crippen molar-refractivity contribution in [1.82, 2.24) is 10.2 Å². The third-order valence-electron chi connectivity index (χ3n) is 5.50. The van der Waals surface area contributed by atoms with Crippen LogP contribution >= 0.6 is 0 Å². The quantitative estimate of drug-likeness (QED) is 0.733. The van der Waals surface area contributed by atoms with Crippen LogP contribution in [0.2, 0.25) is 0 Å². The minimum absolute atomic E-state index is 0.368. The maximum atomic E-state index is 3.91. The highest BCUT2D eigenvalue weighted by Crippen LogP contribution is 2.40. The van der Waals surface area contributed by atoms with Crippen LogP contribution in [0.3, 0.4) is 0 Å². The second kappa shape index (κ2) is 7.97. The van der Waals surface area contributed by atoms with E-state index < -0.39 is 0 Å². The average Bonchev–Trinajstić information content (AvgIpc) is 2.39. The Bertz CT molecular complexity index is 282. The van der Waals surface area contributed by atoms with Crippen LogP contribution in [0.5, 0.6) is 0 Å². The number of hydrogen-bond donors (Lipinski definition) is 1. The van der Waals surface area contributed by atoms with Gasteiger partial charge in [0, 0.05) is 11.6 Å². The third-order valence-corrected chi connectivity index (χ3v) is 5.50. The molecule has 1 atom stereocenters. The van der Waals surface area contributed by atoms with Gasteiger partial charge in [0.2, 0.25) is 0 Å². The van der Waals surface area contributed by atoms with Crippen molar-refractivity contribution in [2.24, 2.45) is 11.3 Å². The van der Waals surface area contributed by atoms with Crippen LogP contribution in [0.25, 0.3) is 0 Å². The van der Waals surface area contributed by atoms with Gasteiger partial charge in [0.1, 0.15) is 0 Å².